The van der Waals surface area contributed by atoms with Crippen molar-refractivity contribution in [3.05, 3.63) is 41.8 Å². The normalized spacial score (nSPS) is 16.6. The molecule has 0 aromatic heterocycles. The van der Waals surface area contributed by atoms with E-state index in [0.29, 0.717) is 5.92 Å². The summed E-state index contributed by atoms with van der Waals surface area (Å²) < 4.78 is 0. The maximum atomic E-state index is 3.99. The standard InChI is InChI=1S/C13H17/c1-9(2)12-7-4-10(3)8-13(12)11-5-6-11/h4,7-9,11H,3,5-6H2,1-2H3. The molecule has 0 unspecified atom stereocenters. The lowest BCUT2D eigenvalue weighted by atomic mass is 9.93. The van der Waals surface area contributed by atoms with Crippen LogP contribution in [0, 0.1) is 6.92 Å². The van der Waals surface area contributed by atoms with Gasteiger partial charge in [0.05, 0.1) is 0 Å². The van der Waals surface area contributed by atoms with Gasteiger partial charge in [-0.2, -0.15) is 0 Å². The van der Waals surface area contributed by atoms with Crippen molar-refractivity contribution in [1.82, 2.24) is 0 Å². The van der Waals surface area contributed by atoms with Crippen LogP contribution in [0.1, 0.15) is 55.2 Å². The first-order chi connectivity index (χ1) is 6.18. The van der Waals surface area contributed by atoms with Crippen LogP contribution in [0.15, 0.2) is 18.2 Å². The summed E-state index contributed by atoms with van der Waals surface area (Å²) in [7, 11) is 0. The van der Waals surface area contributed by atoms with E-state index in [4.69, 9.17) is 0 Å². The first kappa shape index (κ1) is 8.80. The Hall–Kier alpha value is -0.780. The van der Waals surface area contributed by atoms with Gasteiger partial charge in [-0.25, -0.2) is 0 Å². The second-order valence-corrected chi connectivity index (χ2v) is 4.39. The highest BCUT2D eigenvalue weighted by Crippen LogP contribution is 2.43. The third-order valence-corrected chi connectivity index (χ3v) is 2.79. The fraction of sp³-hybridized carbons (Fsp3) is 0.462. The van der Waals surface area contributed by atoms with E-state index in [1.807, 2.05) is 0 Å². The van der Waals surface area contributed by atoms with Gasteiger partial charge in [0.25, 0.3) is 0 Å². The van der Waals surface area contributed by atoms with Crippen LogP contribution in [-0.4, -0.2) is 0 Å². The van der Waals surface area contributed by atoms with Crippen LogP contribution in [0.3, 0.4) is 0 Å². The molecule has 13 heavy (non-hydrogen) atoms. The Labute approximate surface area is 81.0 Å². The second-order valence-electron chi connectivity index (χ2n) is 4.39. The maximum absolute atomic E-state index is 3.99. The van der Waals surface area contributed by atoms with Crippen molar-refractivity contribution < 1.29 is 0 Å². The topological polar surface area (TPSA) is 0 Å². The SMILES string of the molecule is [CH2]c1ccc(C(C)C)c(C2CC2)c1. The van der Waals surface area contributed by atoms with Gasteiger partial charge in [0, 0.05) is 0 Å². The summed E-state index contributed by atoms with van der Waals surface area (Å²) in [6.07, 6.45) is 2.76. The summed E-state index contributed by atoms with van der Waals surface area (Å²) in [4.78, 5) is 0. The zero-order valence-electron chi connectivity index (χ0n) is 8.51. The van der Waals surface area contributed by atoms with Crippen molar-refractivity contribution in [3.8, 4) is 0 Å². The van der Waals surface area contributed by atoms with E-state index >= 15 is 0 Å². The van der Waals surface area contributed by atoms with Crippen molar-refractivity contribution in [3.63, 3.8) is 0 Å². The van der Waals surface area contributed by atoms with E-state index in [9.17, 15) is 0 Å². The smallest absolute Gasteiger partial charge is 0.0159 e. The van der Waals surface area contributed by atoms with E-state index in [1.165, 1.54) is 18.4 Å². The average molecular weight is 173 g/mol. The van der Waals surface area contributed by atoms with E-state index < -0.39 is 0 Å². The molecule has 1 fully saturated rings. The average Bonchev–Trinajstić information content (AvgIpc) is 2.85. The molecule has 0 atom stereocenters. The molecule has 1 aliphatic carbocycles. The molecule has 69 valence electrons. The first-order valence-corrected chi connectivity index (χ1v) is 5.14. The van der Waals surface area contributed by atoms with Gasteiger partial charge in [-0.05, 0) is 48.3 Å². The van der Waals surface area contributed by atoms with Gasteiger partial charge in [-0.3, -0.25) is 0 Å². The molecular weight excluding hydrogens is 156 g/mol. The predicted molar refractivity (Wildman–Crippen MR) is 57.0 cm³/mol. The van der Waals surface area contributed by atoms with E-state index in [-0.39, 0.29) is 0 Å². The molecule has 1 aliphatic rings. The lowest BCUT2D eigenvalue weighted by Gasteiger charge is -2.12. The van der Waals surface area contributed by atoms with Crippen LogP contribution < -0.4 is 0 Å². The lowest BCUT2D eigenvalue weighted by Crippen LogP contribution is -1.95. The number of hydrogen-bond donors (Lipinski definition) is 0. The Bertz CT molecular complexity index is 306. The molecule has 0 bridgehead atoms. The monoisotopic (exact) mass is 173 g/mol. The molecule has 2 rings (SSSR count). The highest BCUT2D eigenvalue weighted by atomic mass is 14.3. The molecule has 1 saturated carbocycles. The third-order valence-electron chi connectivity index (χ3n) is 2.79. The molecule has 0 heteroatoms. The Kier molecular flexibility index (Phi) is 2.15. The molecule has 0 spiro atoms. The number of hydrogen-bond acceptors (Lipinski definition) is 0. The van der Waals surface area contributed by atoms with Gasteiger partial charge in [0.15, 0.2) is 0 Å². The van der Waals surface area contributed by atoms with Crippen LogP contribution in [0.4, 0.5) is 0 Å². The minimum atomic E-state index is 0.649. The van der Waals surface area contributed by atoms with Crippen LogP contribution in [0.2, 0.25) is 0 Å². The minimum absolute atomic E-state index is 0.649. The number of benzene rings is 1. The summed E-state index contributed by atoms with van der Waals surface area (Å²) in [5, 5.41) is 0. The highest BCUT2D eigenvalue weighted by molar-refractivity contribution is 5.39. The summed E-state index contributed by atoms with van der Waals surface area (Å²) in [6.45, 7) is 8.53. The highest BCUT2D eigenvalue weighted by Gasteiger charge is 2.26. The molecule has 0 amide bonds. The molecule has 0 aliphatic heterocycles. The quantitative estimate of drug-likeness (QED) is 0.637. The van der Waals surface area contributed by atoms with Crippen molar-refractivity contribution in [1.29, 1.82) is 0 Å². The van der Waals surface area contributed by atoms with Crippen LogP contribution in [0.25, 0.3) is 0 Å². The lowest BCUT2D eigenvalue weighted by molar-refractivity contribution is 0.841. The largest absolute Gasteiger partial charge is 0.0587 e. The van der Waals surface area contributed by atoms with Gasteiger partial charge >= 0.3 is 0 Å². The second kappa shape index (κ2) is 3.17. The number of rotatable bonds is 2. The van der Waals surface area contributed by atoms with Crippen molar-refractivity contribution in [2.24, 2.45) is 0 Å². The van der Waals surface area contributed by atoms with Gasteiger partial charge in [-0.1, -0.05) is 32.0 Å². The summed E-state index contributed by atoms with van der Waals surface area (Å²) in [5.41, 5.74) is 4.24. The van der Waals surface area contributed by atoms with Gasteiger partial charge in [-0.15, -0.1) is 0 Å². The van der Waals surface area contributed by atoms with E-state index in [1.54, 1.807) is 5.56 Å². The fourth-order valence-electron chi connectivity index (χ4n) is 1.90. The molecule has 0 nitrogen and oxygen atoms in total. The van der Waals surface area contributed by atoms with E-state index in [2.05, 4.69) is 39.0 Å². The summed E-state index contributed by atoms with van der Waals surface area (Å²) in [6, 6.07) is 6.65. The summed E-state index contributed by atoms with van der Waals surface area (Å²) >= 11 is 0. The van der Waals surface area contributed by atoms with Crippen LogP contribution >= 0.6 is 0 Å². The summed E-state index contributed by atoms with van der Waals surface area (Å²) in [5.74, 6) is 1.50. The zero-order valence-corrected chi connectivity index (χ0v) is 8.51. The predicted octanol–water partition coefficient (Wildman–Crippen LogP) is 3.87. The van der Waals surface area contributed by atoms with Gasteiger partial charge in [0.2, 0.25) is 0 Å². The maximum Gasteiger partial charge on any atom is -0.0159 e. The molecule has 1 radical (unpaired) electrons. The molecule has 0 heterocycles. The van der Waals surface area contributed by atoms with Crippen molar-refractivity contribution >= 4 is 0 Å². The Morgan fingerprint density at radius 3 is 2.54 bits per heavy atom. The van der Waals surface area contributed by atoms with Crippen LogP contribution in [-0.2, 0) is 0 Å². The Morgan fingerprint density at radius 1 is 1.31 bits per heavy atom. The Balaban J connectivity index is 2.42. The molecule has 1 aromatic rings. The van der Waals surface area contributed by atoms with Gasteiger partial charge < -0.3 is 0 Å². The molecule has 0 N–H and O–H groups in total. The minimum Gasteiger partial charge on any atom is -0.0587 e. The van der Waals surface area contributed by atoms with Gasteiger partial charge in [0.1, 0.15) is 0 Å². The molecular formula is C13H17. The third kappa shape index (κ3) is 1.77. The van der Waals surface area contributed by atoms with E-state index in [0.717, 1.165) is 11.5 Å². The molecule has 0 saturated heterocycles. The first-order valence-electron chi connectivity index (χ1n) is 5.14. The van der Waals surface area contributed by atoms with Crippen LogP contribution in [0.5, 0.6) is 0 Å². The Morgan fingerprint density at radius 2 is 2.00 bits per heavy atom. The van der Waals surface area contributed by atoms with Crippen molar-refractivity contribution in [2.45, 2.75) is 38.5 Å². The molecule has 1 aromatic carbocycles. The van der Waals surface area contributed by atoms with Crippen molar-refractivity contribution in [2.75, 3.05) is 0 Å². The fourth-order valence-corrected chi connectivity index (χ4v) is 1.90. The zero-order chi connectivity index (χ0) is 9.42.